The van der Waals surface area contributed by atoms with E-state index in [1.165, 1.54) is 0 Å². The van der Waals surface area contributed by atoms with Gasteiger partial charge in [-0.3, -0.25) is 4.79 Å². The molecule has 1 heterocycles. The summed E-state index contributed by atoms with van der Waals surface area (Å²) in [5, 5.41) is 0. The van der Waals surface area contributed by atoms with E-state index in [0.717, 1.165) is 10.5 Å². The molecule has 1 unspecified atom stereocenters. The summed E-state index contributed by atoms with van der Waals surface area (Å²) >= 11 is 3.25. The van der Waals surface area contributed by atoms with Crippen LogP contribution in [0.4, 0.5) is 13.2 Å². The van der Waals surface area contributed by atoms with Crippen LogP contribution in [0.25, 0.3) is 0 Å². The largest absolute Gasteiger partial charge is 0.484 e. The lowest BCUT2D eigenvalue weighted by Gasteiger charge is -2.26. The third-order valence-electron chi connectivity index (χ3n) is 3.27. The average Bonchev–Trinajstić information content (AvgIpc) is 2.43. The van der Waals surface area contributed by atoms with Gasteiger partial charge in [-0.25, -0.2) is 13.2 Å². The Morgan fingerprint density at radius 2 is 1.76 bits per heavy atom. The van der Waals surface area contributed by atoms with E-state index in [4.69, 9.17) is 4.74 Å². The summed E-state index contributed by atoms with van der Waals surface area (Å²) < 4.78 is 46.3. The summed E-state index contributed by atoms with van der Waals surface area (Å²) in [5.74, 6) is -3.34. The van der Waals surface area contributed by atoms with Gasteiger partial charge in [0, 0.05) is 16.1 Å². The van der Waals surface area contributed by atoms with Gasteiger partial charge in [-0.15, -0.1) is 0 Å². The van der Waals surface area contributed by atoms with Crippen molar-refractivity contribution in [2.75, 3.05) is 0 Å². The number of fused-ring (bicyclic) bond motifs is 1. The summed E-state index contributed by atoms with van der Waals surface area (Å²) in [5.41, 5.74) is 0.208. The number of rotatable bonds is 1. The average molecular weight is 357 g/mol. The van der Waals surface area contributed by atoms with Crippen LogP contribution in [-0.2, 0) is 0 Å². The zero-order valence-electron chi connectivity index (χ0n) is 10.5. The number of carbonyl (C=O) groups is 1. The van der Waals surface area contributed by atoms with Crippen LogP contribution >= 0.6 is 15.9 Å². The van der Waals surface area contributed by atoms with E-state index in [0.29, 0.717) is 17.4 Å². The molecule has 0 aromatic heterocycles. The first kappa shape index (κ1) is 14.1. The minimum absolute atomic E-state index is 0.133. The van der Waals surface area contributed by atoms with Gasteiger partial charge in [-0.1, -0.05) is 15.9 Å². The van der Waals surface area contributed by atoms with Gasteiger partial charge in [0.2, 0.25) is 0 Å². The van der Waals surface area contributed by atoms with E-state index < -0.39 is 23.6 Å². The highest BCUT2D eigenvalue weighted by atomic mass is 79.9. The standard InChI is InChI=1S/C15H8BrF3O2/c16-7-1-2-14-9(3-7)13(20)6-15(21-14)8-4-11(18)12(19)5-10(8)17/h1-5,15H,6H2. The van der Waals surface area contributed by atoms with Crippen LogP contribution in [0.15, 0.2) is 34.8 Å². The maximum absolute atomic E-state index is 13.8. The third-order valence-corrected chi connectivity index (χ3v) is 3.76. The van der Waals surface area contributed by atoms with Crippen molar-refractivity contribution in [2.45, 2.75) is 12.5 Å². The van der Waals surface area contributed by atoms with E-state index >= 15 is 0 Å². The maximum atomic E-state index is 13.8. The molecule has 0 spiro atoms. The first-order chi connectivity index (χ1) is 9.95. The third kappa shape index (κ3) is 2.55. The molecule has 0 aliphatic carbocycles. The van der Waals surface area contributed by atoms with Gasteiger partial charge < -0.3 is 4.74 Å². The molecule has 1 atom stereocenters. The van der Waals surface area contributed by atoms with Gasteiger partial charge in [0.1, 0.15) is 17.7 Å². The highest BCUT2D eigenvalue weighted by Gasteiger charge is 2.30. The molecular weight excluding hydrogens is 349 g/mol. The van der Waals surface area contributed by atoms with Crippen molar-refractivity contribution in [3.05, 3.63) is 63.4 Å². The van der Waals surface area contributed by atoms with Crippen molar-refractivity contribution in [3.8, 4) is 5.75 Å². The quantitative estimate of drug-likeness (QED) is 0.699. The first-order valence-electron chi connectivity index (χ1n) is 6.09. The molecule has 0 saturated heterocycles. The molecule has 0 amide bonds. The molecule has 6 heteroatoms. The summed E-state index contributed by atoms with van der Waals surface area (Å²) in [4.78, 5) is 12.1. The summed E-state index contributed by atoms with van der Waals surface area (Å²) in [6.45, 7) is 0. The smallest absolute Gasteiger partial charge is 0.170 e. The summed E-state index contributed by atoms with van der Waals surface area (Å²) in [6.07, 6.45) is -1.10. The van der Waals surface area contributed by atoms with Crippen LogP contribution in [0.1, 0.15) is 28.4 Å². The number of hydrogen-bond acceptors (Lipinski definition) is 2. The number of carbonyl (C=O) groups excluding carboxylic acids is 1. The van der Waals surface area contributed by atoms with E-state index in [9.17, 15) is 18.0 Å². The fourth-order valence-electron chi connectivity index (χ4n) is 2.25. The predicted octanol–water partition coefficient (Wildman–Crippen LogP) is 4.57. The van der Waals surface area contributed by atoms with Gasteiger partial charge in [0.05, 0.1) is 12.0 Å². The van der Waals surface area contributed by atoms with E-state index in [2.05, 4.69) is 15.9 Å². The Bertz CT molecular complexity index is 746. The molecule has 3 rings (SSSR count). The molecule has 0 bridgehead atoms. The molecule has 108 valence electrons. The Morgan fingerprint density at radius 1 is 1.05 bits per heavy atom. The Morgan fingerprint density at radius 3 is 2.52 bits per heavy atom. The van der Waals surface area contributed by atoms with Gasteiger partial charge in [-0.05, 0) is 24.3 Å². The zero-order chi connectivity index (χ0) is 15.1. The van der Waals surface area contributed by atoms with E-state index in [-0.39, 0.29) is 17.8 Å². The Kier molecular flexibility index (Phi) is 3.49. The van der Waals surface area contributed by atoms with Crippen LogP contribution < -0.4 is 4.74 Å². The monoisotopic (exact) mass is 356 g/mol. The van der Waals surface area contributed by atoms with Gasteiger partial charge in [0.25, 0.3) is 0 Å². The lowest BCUT2D eigenvalue weighted by molar-refractivity contribution is 0.0845. The molecule has 1 aliphatic heterocycles. The Hall–Kier alpha value is -1.82. The van der Waals surface area contributed by atoms with Crippen LogP contribution in [-0.4, -0.2) is 5.78 Å². The molecule has 2 aromatic carbocycles. The first-order valence-corrected chi connectivity index (χ1v) is 6.89. The summed E-state index contributed by atoms with van der Waals surface area (Å²) in [7, 11) is 0. The van der Waals surface area contributed by atoms with Crippen molar-refractivity contribution < 1.29 is 22.7 Å². The second kappa shape index (κ2) is 5.18. The molecule has 1 aliphatic rings. The normalized spacial score (nSPS) is 17.3. The minimum atomic E-state index is -1.28. The molecule has 0 fully saturated rings. The second-order valence-electron chi connectivity index (χ2n) is 4.66. The molecule has 2 nitrogen and oxygen atoms in total. The van der Waals surface area contributed by atoms with Crippen molar-refractivity contribution in [1.82, 2.24) is 0 Å². The fourth-order valence-corrected chi connectivity index (χ4v) is 2.62. The number of benzene rings is 2. The van der Waals surface area contributed by atoms with Gasteiger partial charge in [-0.2, -0.15) is 0 Å². The van der Waals surface area contributed by atoms with E-state index in [1.807, 2.05) is 0 Å². The van der Waals surface area contributed by atoms with Crippen molar-refractivity contribution in [3.63, 3.8) is 0 Å². The highest BCUT2D eigenvalue weighted by molar-refractivity contribution is 9.10. The molecule has 0 N–H and O–H groups in total. The topological polar surface area (TPSA) is 26.3 Å². The highest BCUT2D eigenvalue weighted by Crippen LogP contribution is 2.37. The molecular formula is C15H8BrF3O2. The van der Waals surface area contributed by atoms with Gasteiger partial charge >= 0.3 is 0 Å². The maximum Gasteiger partial charge on any atom is 0.170 e. The van der Waals surface area contributed by atoms with Crippen LogP contribution in [0.3, 0.4) is 0 Å². The summed E-state index contributed by atoms with van der Waals surface area (Å²) in [6, 6.07) is 6.04. The number of hydrogen-bond donors (Lipinski definition) is 0. The second-order valence-corrected chi connectivity index (χ2v) is 5.58. The number of ketones is 1. The lowest BCUT2D eigenvalue weighted by Crippen LogP contribution is -2.21. The molecule has 0 radical (unpaired) electrons. The molecule has 2 aromatic rings. The number of ether oxygens (including phenoxy) is 1. The van der Waals surface area contributed by atoms with Crippen LogP contribution in [0.2, 0.25) is 0 Å². The molecule has 0 saturated carbocycles. The van der Waals surface area contributed by atoms with Crippen molar-refractivity contribution in [2.24, 2.45) is 0 Å². The zero-order valence-corrected chi connectivity index (χ0v) is 12.1. The Balaban J connectivity index is 2.02. The van der Waals surface area contributed by atoms with Crippen LogP contribution in [0.5, 0.6) is 5.75 Å². The number of halogens is 4. The van der Waals surface area contributed by atoms with Crippen molar-refractivity contribution >= 4 is 21.7 Å². The minimum Gasteiger partial charge on any atom is -0.484 e. The predicted molar refractivity (Wildman–Crippen MR) is 72.8 cm³/mol. The SMILES string of the molecule is O=C1CC(c2cc(F)c(F)cc2F)Oc2ccc(Br)cc21. The van der Waals surface area contributed by atoms with Crippen molar-refractivity contribution in [1.29, 1.82) is 0 Å². The van der Waals surface area contributed by atoms with Crippen LogP contribution in [0, 0.1) is 17.5 Å². The van der Waals surface area contributed by atoms with E-state index in [1.54, 1.807) is 18.2 Å². The lowest BCUT2D eigenvalue weighted by atomic mass is 9.96. The fraction of sp³-hybridized carbons (Fsp3) is 0.133. The molecule has 21 heavy (non-hydrogen) atoms. The number of Topliss-reactive ketones (excluding diaryl/α,β-unsaturated/α-hetero) is 1. The Labute approximate surface area is 126 Å². The van der Waals surface area contributed by atoms with Gasteiger partial charge in [0.15, 0.2) is 17.4 Å².